The van der Waals surface area contributed by atoms with Crippen LogP contribution in [0.5, 0.6) is 0 Å². The number of hydrogen-bond donors (Lipinski definition) is 2. The molecule has 1 rings (SSSR count). The summed E-state index contributed by atoms with van der Waals surface area (Å²) >= 11 is 4.91. The predicted octanol–water partition coefficient (Wildman–Crippen LogP) is 1.39. The SMILES string of the molecule is CCS(=O)(=O)Nc1cccc(C)c1C(N)=S. The molecule has 0 saturated heterocycles. The van der Waals surface area contributed by atoms with Crippen LogP contribution in [0, 0.1) is 6.92 Å². The van der Waals surface area contributed by atoms with Crippen LogP contribution in [-0.2, 0) is 10.0 Å². The molecule has 0 spiro atoms. The van der Waals surface area contributed by atoms with E-state index >= 15 is 0 Å². The molecule has 0 saturated carbocycles. The molecule has 0 amide bonds. The summed E-state index contributed by atoms with van der Waals surface area (Å²) in [7, 11) is -3.31. The van der Waals surface area contributed by atoms with Gasteiger partial charge in [0.15, 0.2) is 0 Å². The zero-order valence-corrected chi connectivity index (χ0v) is 10.8. The maximum Gasteiger partial charge on any atom is 0.232 e. The normalized spacial score (nSPS) is 11.1. The van der Waals surface area contributed by atoms with E-state index in [-0.39, 0.29) is 10.7 Å². The molecule has 0 fully saturated rings. The molecule has 0 bridgehead atoms. The molecule has 16 heavy (non-hydrogen) atoms. The van der Waals surface area contributed by atoms with Crippen molar-refractivity contribution < 1.29 is 8.42 Å². The fourth-order valence-corrected chi connectivity index (χ4v) is 2.24. The van der Waals surface area contributed by atoms with Gasteiger partial charge in [-0.2, -0.15) is 0 Å². The van der Waals surface area contributed by atoms with Crippen LogP contribution in [0.4, 0.5) is 5.69 Å². The fourth-order valence-electron chi connectivity index (χ4n) is 1.32. The number of nitrogens with two attached hydrogens (primary N) is 1. The molecule has 4 nitrogen and oxygen atoms in total. The third-order valence-electron chi connectivity index (χ3n) is 2.16. The zero-order chi connectivity index (χ0) is 12.3. The molecule has 1 aromatic carbocycles. The number of nitrogens with one attached hydrogen (secondary N) is 1. The van der Waals surface area contributed by atoms with Crippen molar-refractivity contribution in [3.8, 4) is 0 Å². The minimum atomic E-state index is -3.31. The van der Waals surface area contributed by atoms with Crippen LogP contribution in [-0.4, -0.2) is 19.2 Å². The third-order valence-corrected chi connectivity index (χ3v) is 3.66. The van der Waals surface area contributed by atoms with Gasteiger partial charge in [0.25, 0.3) is 0 Å². The lowest BCUT2D eigenvalue weighted by Crippen LogP contribution is -2.20. The van der Waals surface area contributed by atoms with Crippen molar-refractivity contribution in [1.29, 1.82) is 0 Å². The molecule has 1 aromatic rings. The maximum absolute atomic E-state index is 11.5. The average molecular weight is 258 g/mol. The molecular weight excluding hydrogens is 244 g/mol. The van der Waals surface area contributed by atoms with Gasteiger partial charge < -0.3 is 5.73 Å². The topological polar surface area (TPSA) is 72.2 Å². The summed E-state index contributed by atoms with van der Waals surface area (Å²) < 4.78 is 25.4. The van der Waals surface area contributed by atoms with Crippen molar-refractivity contribution in [2.45, 2.75) is 13.8 Å². The largest absolute Gasteiger partial charge is 0.389 e. The Hall–Kier alpha value is -1.14. The van der Waals surface area contributed by atoms with Gasteiger partial charge in [-0.15, -0.1) is 0 Å². The highest BCUT2D eigenvalue weighted by molar-refractivity contribution is 7.92. The first-order valence-electron chi connectivity index (χ1n) is 4.77. The highest BCUT2D eigenvalue weighted by Gasteiger charge is 2.13. The summed E-state index contributed by atoms with van der Waals surface area (Å²) in [5.41, 5.74) is 7.44. The van der Waals surface area contributed by atoms with Crippen LogP contribution in [0.2, 0.25) is 0 Å². The Morgan fingerprint density at radius 1 is 1.50 bits per heavy atom. The van der Waals surface area contributed by atoms with Crippen molar-refractivity contribution in [2.75, 3.05) is 10.5 Å². The third kappa shape index (κ3) is 2.93. The monoisotopic (exact) mass is 258 g/mol. The Morgan fingerprint density at radius 3 is 2.62 bits per heavy atom. The van der Waals surface area contributed by atoms with Gasteiger partial charge in [0.1, 0.15) is 4.99 Å². The molecule has 0 aromatic heterocycles. The molecular formula is C10H14N2O2S2. The van der Waals surface area contributed by atoms with E-state index in [2.05, 4.69) is 4.72 Å². The fraction of sp³-hybridized carbons (Fsp3) is 0.300. The summed E-state index contributed by atoms with van der Waals surface area (Å²) in [5.74, 6) is 0.0116. The van der Waals surface area contributed by atoms with Gasteiger partial charge in [-0.1, -0.05) is 24.4 Å². The first kappa shape index (κ1) is 12.9. The minimum Gasteiger partial charge on any atom is -0.389 e. The quantitative estimate of drug-likeness (QED) is 0.801. The number of aryl methyl sites for hydroxylation is 1. The molecule has 0 aliphatic rings. The Morgan fingerprint density at radius 2 is 2.12 bits per heavy atom. The molecule has 88 valence electrons. The van der Waals surface area contributed by atoms with Crippen molar-refractivity contribution in [2.24, 2.45) is 5.73 Å². The lowest BCUT2D eigenvalue weighted by atomic mass is 10.1. The van der Waals surface area contributed by atoms with Gasteiger partial charge in [-0.25, -0.2) is 8.42 Å². The summed E-state index contributed by atoms with van der Waals surface area (Å²) in [4.78, 5) is 0.187. The minimum absolute atomic E-state index is 0.0116. The average Bonchev–Trinajstić information content (AvgIpc) is 2.16. The van der Waals surface area contributed by atoms with Crippen LogP contribution in [0.15, 0.2) is 18.2 Å². The van der Waals surface area contributed by atoms with E-state index in [1.807, 2.05) is 13.0 Å². The number of hydrogen-bond acceptors (Lipinski definition) is 3. The van der Waals surface area contributed by atoms with E-state index in [4.69, 9.17) is 18.0 Å². The first-order chi connectivity index (χ1) is 7.37. The highest BCUT2D eigenvalue weighted by atomic mass is 32.2. The van der Waals surface area contributed by atoms with Crippen molar-refractivity contribution >= 4 is 32.9 Å². The highest BCUT2D eigenvalue weighted by Crippen LogP contribution is 2.20. The number of thiocarbonyl (C=S) groups is 1. The van der Waals surface area contributed by atoms with Gasteiger partial charge >= 0.3 is 0 Å². The van der Waals surface area contributed by atoms with Crippen LogP contribution < -0.4 is 10.5 Å². The van der Waals surface area contributed by atoms with E-state index in [1.54, 1.807) is 19.1 Å². The Balaban J connectivity index is 3.25. The van der Waals surface area contributed by atoms with E-state index in [9.17, 15) is 8.42 Å². The van der Waals surface area contributed by atoms with E-state index in [1.165, 1.54) is 0 Å². The molecule has 0 aliphatic heterocycles. The predicted molar refractivity (Wildman–Crippen MR) is 70.1 cm³/mol. The van der Waals surface area contributed by atoms with Gasteiger partial charge in [0.2, 0.25) is 10.0 Å². The van der Waals surface area contributed by atoms with Crippen molar-refractivity contribution in [3.63, 3.8) is 0 Å². The molecule has 0 aliphatic carbocycles. The van der Waals surface area contributed by atoms with Crippen molar-refractivity contribution in [3.05, 3.63) is 29.3 Å². The summed E-state index contributed by atoms with van der Waals surface area (Å²) in [5, 5.41) is 0. The zero-order valence-electron chi connectivity index (χ0n) is 9.15. The molecule has 3 N–H and O–H groups in total. The number of benzene rings is 1. The van der Waals surface area contributed by atoms with Gasteiger partial charge in [-0.3, -0.25) is 4.72 Å². The second-order valence-corrected chi connectivity index (χ2v) is 5.82. The summed E-state index contributed by atoms with van der Waals surface area (Å²) in [6, 6.07) is 5.23. The van der Waals surface area contributed by atoms with Gasteiger partial charge in [-0.05, 0) is 25.5 Å². The number of rotatable bonds is 4. The Bertz CT molecular complexity index is 510. The lowest BCUT2D eigenvalue weighted by Gasteiger charge is -2.12. The first-order valence-corrected chi connectivity index (χ1v) is 6.83. The number of anilines is 1. The standard InChI is InChI=1S/C10H14N2O2S2/c1-3-16(13,14)12-8-6-4-5-7(2)9(8)10(11)15/h4-6,12H,3H2,1-2H3,(H2,11,15). The second kappa shape index (κ2) is 4.80. The van der Waals surface area contributed by atoms with Crippen molar-refractivity contribution in [1.82, 2.24) is 0 Å². The number of sulfonamides is 1. The Kier molecular flexibility index (Phi) is 3.88. The van der Waals surface area contributed by atoms with Gasteiger partial charge in [0.05, 0.1) is 11.4 Å². The second-order valence-electron chi connectivity index (χ2n) is 3.37. The van der Waals surface area contributed by atoms with Crippen LogP contribution in [0.1, 0.15) is 18.1 Å². The summed E-state index contributed by atoms with van der Waals surface area (Å²) in [6.07, 6.45) is 0. The van der Waals surface area contributed by atoms with E-state index in [0.717, 1.165) is 5.56 Å². The molecule has 0 radical (unpaired) electrons. The smallest absolute Gasteiger partial charge is 0.232 e. The van der Waals surface area contributed by atoms with E-state index < -0.39 is 10.0 Å². The van der Waals surface area contributed by atoms with Crippen LogP contribution in [0.3, 0.4) is 0 Å². The Labute approximate surface area is 101 Å². The van der Waals surface area contributed by atoms with Gasteiger partial charge in [0, 0.05) is 5.56 Å². The van der Waals surface area contributed by atoms with Crippen LogP contribution in [0.25, 0.3) is 0 Å². The molecule has 6 heteroatoms. The summed E-state index contributed by atoms with van der Waals surface area (Å²) in [6.45, 7) is 3.40. The maximum atomic E-state index is 11.5. The van der Waals surface area contributed by atoms with E-state index in [0.29, 0.717) is 11.3 Å². The molecule has 0 unspecified atom stereocenters. The lowest BCUT2D eigenvalue weighted by molar-refractivity contribution is 0.602. The van der Waals surface area contributed by atoms with Crippen LogP contribution >= 0.6 is 12.2 Å². The molecule has 0 heterocycles. The molecule has 0 atom stereocenters.